The van der Waals surface area contributed by atoms with E-state index in [1.165, 1.54) is 4.90 Å². The smallest absolute Gasteiger partial charge is 0.326 e. The van der Waals surface area contributed by atoms with E-state index in [2.05, 4.69) is 12.2 Å². The Balaban J connectivity index is 2.50. The summed E-state index contributed by atoms with van der Waals surface area (Å²) in [6.45, 7) is 4.62. The molecule has 1 aliphatic rings. The van der Waals surface area contributed by atoms with Crippen molar-refractivity contribution in [2.45, 2.75) is 64.5 Å². The lowest BCUT2D eigenvalue weighted by Crippen LogP contribution is -2.53. The number of unbranched alkanes of at least 4 members (excludes halogenated alkanes) is 1. The first-order valence-electron chi connectivity index (χ1n) is 6.86. The van der Waals surface area contributed by atoms with Crippen molar-refractivity contribution in [1.82, 2.24) is 10.2 Å². The van der Waals surface area contributed by atoms with Crippen LogP contribution in [0.25, 0.3) is 0 Å². The predicted molar refractivity (Wildman–Crippen MR) is 69.5 cm³/mol. The summed E-state index contributed by atoms with van der Waals surface area (Å²) in [5.74, 6) is -0.897. The predicted octanol–water partition coefficient (Wildman–Crippen LogP) is 2.21. The van der Waals surface area contributed by atoms with E-state index in [4.69, 9.17) is 5.11 Å². The third-order valence-corrected chi connectivity index (χ3v) is 3.41. The summed E-state index contributed by atoms with van der Waals surface area (Å²) in [6.07, 6.45) is 5.44. The Bertz CT molecular complexity index is 294. The van der Waals surface area contributed by atoms with E-state index >= 15 is 0 Å². The van der Waals surface area contributed by atoms with Crippen LogP contribution in [0.3, 0.4) is 0 Å². The minimum absolute atomic E-state index is 0.105. The second-order valence-electron chi connectivity index (χ2n) is 5.04. The molecule has 0 aromatic carbocycles. The van der Waals surface area contributed by atoms with E-state index < -0.39 is 12.0 Å². The van der Waals surface area contributed by atoms with E-state index in [1.807, 2.05) is 6.92 Å². The van der Waals surface area contributed by atoms with Crippen molar-refractivity contribution in [3.8, 4) is 0 Å². The molecule has 2 unspecified atom stereocenters. The van der Waals surface area contributed by atoms with Gasteiger partial charge in [-0.15, -0.1) is 0 Å². The number of aliphatic carboxylic acids is 1. The molecule has 0 aliphatic carbocycles. The average Bonchev–Trinajstić information content (AvgIpc) is 2.36. The Morgan fingerprint density at radius 2 is 2.17 bits per heavy atom. The number of urea groups is 1. The topological polar surface area (TPSA) is 69.6 Å². The number of carboxylic acids is 1. The van der Waals surface area contributed by atoms with Gasteiger partial charge in [-0.3, -0.25) is 0 Å². The SMILES string of the molecule is CCCCC(C)NC(=O)N1CCCCC1C(=O)O. The monoisotopic (exact) mass is 256 g/mol. The van der Waals surface area contributed by atoms with Crippen LogP contribution >= 0.6 is 0 Å². The molecule has 1 aliphatic heterocycles. The Labute approximate surface area is 109 Å². The van der Waals surface area contributed by atoms with Gasteiger partial charge in [-0.05, 0) is 32.6 Å². The third-order valence-electron chi connectivity index (χ3n) is 3.41. The van der Waals surface area contributed by atoms with Crippen LogP contribution in [0, 0.1) is 0 Å². The van der Waals surface area contributed by atoms with Crippen LogP contribution in [0.5, 0.6) is 0 Å². The lowest BCUT2D eigenvalue weighted by Gasteiger charge is -2.33. The Morgan fingerprint density at radius 1 is 1.44 bits per heavy atom. The van der Waals surface area contributed by atoms with Crippen LogP contribution in [-0.2, 0) is 4.79 Å². The highest BCUT2D eigenvalue weighted by Crippen LogP contribution is 2.17. The summed E-state index contributed by atoms with van der Waals surface area (Å²) in [4.78, 5) is 24.6. The standard InChI is InChI=1S/C13H24N2O3/c1-3-4-7-10(2)14-13(18)15-9-6-5-8-11(15)12(16)17/h10-11H,3-9H2,1-2H3,(H,14,18)(H,16,17). The van der Waals surface area contributed by atoms with Gasteiger partial charge >= 0.3 is 12.0 Å². The molecular formula is C13H24N2O3. The van der Waals surface area contributed by atoms with Crippen molar-refractivity contribution in [2.24, 2.45) is 0 Å². The fourth-order valence-corrected chi connectivity index (χ4v) is 2.31. The highest BCUT2D eigenvalue weighted by Gasteiger charge is 2.32. The molecule has 0 bridgehead atoms. The molecule has 0 radical (unpaired) electrons. The van der Waals surface area contributed by atoms with Gasteiger partial charge < -0.3 is 15.3 Å². The van der Waals surface area contributed by atoms with Crippen molar-refractivity contribution < 1.29 is 14.7 Å². The van der Waals surface area contributed by atoms with Gasteiger partial charge in [-0.25, -0.2) is 9.59 Å². The third kappa shape index (κ3) is 4.20. The van der Waals surface area contributed by atoms with Gasteiger partial charge in [0.2, 0.25) is 0 Å². The maximum atomic E-state index is 12.0. The summed E-state index contributed by atoms with van der Waals surface area (Å²) in [5.41, 5.74) is 0. The summed E-state index contributed by atoms with van der Waals surface area (Å²) >= 11 is 0. The fraction of sp³-hybridized carbons (Fsp3) is 0.846. The van der Waals surface area contributed by atoms with Crippen molar-refractivity contribution in [2.75, 3.05) is 6.54 Å². The first kappa shape index (κ1) is 14.8. The molecule has 2 N–H and O–H groups in total. The minimum Gasteiger partial charge on any atom is -0.480 e. The number of hydrogen-bond donors (Lipinski definition) is 2. The lowest BCUT2D eigenvalue weighted by molar-refractivity contribution is -0.143. The first-order chi connectivity index (χ1) is 8.56. The van der Waals surface area contributed by atoms with Crippen LogP contribution in [-0.4, -0.2) is 40.6 Å². The highest BCUT2D eigenvalue weighted by molar-refractivity contribution is 5.83. The van der Waals surface area contributed by atoms with Crippen molar-refractivity contribution >= 4 is 12.0 Å². The molecule has 18 heavy (non-hydrogen) atoms. The molecule has 0 aromatic heterocycles. The number of carboxylic acid groups (broad SMARTS) is 1. The van der Waals surface area contributed by atoms with Crippen LogP contribution in [0.1, 0.15) is 52.4 Å². The minimum atomic E-state index is -0.897. The summed E-state index contributed by atoms with van der Waals surface area (Å²) in [7, 11) is 0. The molecule has 5 nitrogen and oxygen atoms in total. The number of carbonyl (C=O) groups excluding carboxylic acids is 1. The Morgan fingerprint density at radius 3 is 2.78 bits per heavy atom. The molecule has 0 spiro atoms. The molecule has 1 fully saturated rings. The van der Waals surface area contributed by atoms with Gasteiger partial charge in [0.05, 0.1) is 0 Å². The van der Waals surface area contributed by atoms with Crippen LogP contribution < -0.4 is 5.32 Å². The molecular weight excluding hydrogens is 232 g/mol. The van der Waals surface area contributed by atoms with E-state index in [0.29, 0.717) is 13.0 Å². The molecule has 1 saturated heterocycles. The summed E-state index contributed by atoms with van der Waals surface area (Å²) in [5, 5.41) is 12.0. The number of nitrogens with zero attached hydrogens (tertiary/aromatic N) is 1. The second-order valence-corrected chi connectivity index (χ2v) is 5.04. The molecule has 1 rings (SSSR count). The van der Waals surface area contributed by atoms with Crippen LogP contribution in [0.15, 0.2) is 0 Å². The number of amides is 2. The summed E-state index contributed by atoms with van der Waals surface area (Å²) < 4.78 is 0. The Hall–Kier alpha value is -1.26. The number of nitrogens with one attached hydrogen (secondary N) is 1. The number of rotatable bonds is 5. The molecule has 1 heterocycles. The maximum absolute atomic E-state index is 12.0. The molecule has 0 saturated carbocycles. The zero-order valence-corrected chi connectivity index (χ0v) is 11.3. The van der Waals surface area contributed by atoms with E-state index in [9.17, 15) is 9.59 Å². The second kappa shape index (κ2) is 7.24. The molecule has 0 aromatic rings. The van der Waals surface area contributed by atoms with E-state index in [-0.39, 0.29) is 12.1 Å². The van der Waals surface area contributed by atoms with E-state index in [0.717, 1.165) is 32.1 Å². The zero-order valence-electron chi connectivity index (χ0n) is 11.3. The van der Waals surface area contributed by atoms with Gasteiger partial charge in [0.25, 0.3) is 0 Å². The molecule has 2 amide bonds. The fourth-order valence-electron chi connectivity index (χ4n) is 2.31. The van der Waals surface area contributed by atoms with Crippen LogP contribution in [0.4, 0.5) is 4.79 Å². The van der Waals surface area contributed by atoms with Gasteiger partial charge in [0.15, 0.2) is 0 Å². The summed E-state index contributed by atoms with van der Waals surface area (Å²) in [6, 6.07) is -0.781. The van der Waals surface area contributed by atoms with Crippen molar-refractivity contribution in [3.63, 3.8) is 0 Å². The Kier molecular flexibility index (Phi) is 5.95. The largest absolute Gasteiger partial charge is 0.480 e. The average molecular weight is 256 g/mol. The zero-order chi connectivity index (χ0) is 13.5. The normalized spacial score (nSPS) is 21.4. The maximum Gasteiger partial charge on any atom is 0.326 e. The molecule has 5 heteroatoms. The van der Waals surface area contributed by atoms with Crippen molar-refractivity contribution in [1.29, 1.82) is 0 Å². The highest BCUT2D eigenvalue weighted by atomic mass is 16.4. The number of carbonyl (C=O) groups is 2. The van der Waals surface area contributed by atoms with Crippen LogP contribution in [0.2, 0.25) is 0 Å². The van der Waals surface area contributed by atoms with Gasteiger partial charge in [0.1, 0.15) is 6.04 Å². The van der Waals surface area contributed by atoms with Gasteiger partial charge in [-0.2, -0.15) is 0 Å². The first-order valence-corrected chi connectivity index (χ1v) is 6.86. The van der Waals surface area contributed by atoms with Crippen molar-refractivity contribution in [3.05, 3.63) is 0 Å². The lowest BCUT2D eigenvalue weighted by atomic mass is 10.0. The van der Waals surface area contributed by atoms with Gasteiger partial charge in [-0.1, -0.05) is 19.8 Å². The number of hydrogen-bond acceptors (Lipinski definition) is 2. The molecule has 104 valence electrons. The van der Waals surface area contributed by atoms with E-state index in [1.54, 1.807) is 0 Å². The molecule has 2 atom stereocenters. The number of likely N-dealkylation sites (tertiary alicyclic amines) is 1. The quantitative estimate of drug-likeness (QED) is 0.792. The van der Waals surface area contributed by atoms with Gasteiger partial charge in [0, 0.05) is 12.6 Å². The number of piperidine rings is 1.